The first kappa shape index (κ1) is 21.6. The molecular weight excluding hydrogens is 424 g/mol. The van der Waals surface area contributed by atoms with Crippen LogP contribution in [0.2, 0.25) is 0 Å². The summed E-state index contributed by atoms with van der Waals surface area (Å²) in [7, 11) is 3.28. The number of rotatable bonds is 8. The lowest BCUT2D eigenvalue weighted by atomic mass is 10.1. The minimum absolute atomic E-state index is 0.485. The van der Waals surface area contributed by atoms with Crippen LogP contribution in [0.1, 0.15) is 19.4 Å². The van der Waals surface area contributed by atoms with Gasteiger partial charge in [0.05, 0.1) is 30.5 Å². The summed E-state index contributed by atoms with van der Waals surface area (Å²) in [5, 5.41) is 10.4. The number of aromatic nitrogens is 2. The molecule has 0 saturated carbocycles. The third kappa shape index (κ3) is 4.11. The fourth-order valence-corrected chi connectivity index (χ4v) is 4.77. The van der Waals surface area contributed by atoms with E-state index < -0.39 is 12.0 Å². The molecule has 0 aliphatic carbocycles. The van der Waals surface area contributed by atoms with Gasteiger partial charge in [0.2, 0.25) is 0 Å². The van der Waals surface area contributed by atoms with E-state index in [2.05, 4.69) is 0 Å². The van der Waals surface area contributed by atoms with Crippen molar-refractivity contribution in [2.75, 3.05) is 14.2 Å². The molecule has 6 nitrogen and oxygen atoms in total. The van der Waals surface area contributed by atoms with Crippen molar-refractivity contribution < 1.29 is 19.4 Å². The number of methoxy groups -OCH3 is 2. The topological polar surface area (TPSA) is 73.6 Å². The Bertz CT molecular complexity index is 1140. The van der Waals surface area contributed by atoms with Crippen LogP contribution in [0.15, 0.2) is 66.9 Å². The summed E-state index contributed by atoms with van der Waals surface area (Å²) in [5.74, 6) is 0.703. The van der Waals surface area contributed by atoms with Gasteiger partial charge in [0.1, 0.15) is 22.5 Å². The molecule has 4 rings (SSSR count). The standard InChI is InChI=1S/C25H24N2O4S/c1-4-20(25(28)29)27-15-5-6-21(27)24-26-22(16-7-11-18(30-2)12-8-16)23(32-24)17-9-13-19(31-3)14-10-17/h5-15,20H,4H2,1-3H3,(H,28,29). The summed E-state index contributed by atoms with van der Waals surface area (Å²) < 4.78 is 12.4. The molecule has 0 fully saturated rings. The Morgan fingerprint density at radius 2 is 1.59 bits per heavy atom. The Labute approximate surface area is 190 Å². The number of hydrogen-bond acceptors (Lipinski definition) is 5. The molecule has 0 aliphatic heterocycles. The van der Waals surface area contributed by atoms with Gasteiger partial charge in [-0.3, -0.25) is 0 Å². The highest BCUT2D eigenvalue weighted by molar-refractivity contribution is 7.18. The fraction of sp³-hybridized carbons (Fsp3) is 0.200. The highest BCUT2D eigenvalue weighted by Gasteiger charge is 2.23. The Morgan fingerprint density at radius 3 is 2.12 bits per heavy atom. The average Bonchev–Trinajstić information content (AvgIpc) is 3.47. The van der Waals surface area contributed by atoms with Crippen LogP contribution in [-0.2, 0) is 4.79 Å². The van der Waals surface area contributed by atoms with E-state index in [1.807, 2.05) is 67.6 Å². The maximum Gasteiger partial charge on any atom is 0.326 e. The van der Waals surface area contributed by atoms with Crippen LogP contribution in [-0.4, -0.2) is 34.8 Å². The van der Waals surface area contributed by atoms with Gasteiger partial charge in [-0.2, -0.15) is 0 Å². The zero-order valence-corrected chi connectivity index (χ0v) is 18.9. The summed E-state index contributed by atoms with van der Waals surface area (Å²) in [6.07, 6.45) is 2.29. The van der Waals surface area contributed by atoms with E-state index in [1.165, 1.54) is 0 Å². The molecule has 1 unspecified atom stereocenters. The predicted molar refractivity (Wildman–Crippen MR) is 126 cm³/mol. The van der Waals surface area contributed by atoms with E-state index in [4.69, 9.17) is 14.5 Å². The summed E-state index contributed by atoms with van der Waals surface area (Å²) >= 11 is 1.55. The van der Waals surface area contributed by atoms with E-state index in [0.717, 1.165) is 43.9 Å². The minimum Gasteiger partial charge on any atom is -0.497 e. The first-order valence-electron chi connectivity index (χ1n) is 10.3. The quantitative estimate of drug-likeness (QED) is 0.358. The van der Waals surface area contributed by atoms with E-state index in [0.29, 0.717) is 6.42 Å². The Balaban J connectivity index is 1.86. The van der Waals surface area contributed by atoms with Gasteiger partial charge in [0, 0.05) is 11.8 Å². The second kappa shape index (κ2) is 9.28. The summed E-state index contributed by atoms with van der Waals surface area (Å²) in [6, 6.07) is 18.8. The molecule has 2 aromatic heterocycles. The highest BCUT2D eigenvalue weighted by Crippen LogP contribution is 2.42. The Hall–Kier alpha value is -3.58. The second-order valence-corrected chi connectivity index (χ2v) is 8.22. The molecule has 1 N–H and O–H groups in total. The number of carbonyl (C=O) groups is 1. The Morgan fingerprint density at radius 1 is 1.00 bits per heavy atom. The van der Waals surface area contributed by atoms with Gasteiger partial charge in [-0.1, -0.05) is 6.92 Å². The molecule has 0 spiro atoms. The molecule has 164 valence electrons. The fourth-order valence-electron chi connectivity index (χ4n) is 3.65. The van der Waals surface area contributed by atoms with E-state index in [1.54, 1.807) is 36.3 Å². The maximum absolute atomic E-state index is 11.8. The summed E-state index contributed by atoms with van der Waals surface area (Å²) in [6.45, 7) is 1.87. The molecule has 2 heterocycles. The number of thiazole rings is 1. The van der Waals surface area contributed by atoms with Gasteiger partial charge in [-0.25, -0.2) is 9.78 Å². The molecule has 0 aliphatic rings. The largest absolute Gasteiger partial charge is 0.497 e. The lowest BCUT2D eigenvalue weighted by Crippen LogP contribution is -2.18. The zero-order chi connectivity index (χ0) is 22.7. The number of carboxylic acid groups (broad SMARTS) is 1. The summed E-state index contributed by atoms with van der Waals surface area (Å²) in [5.41, 5.74) is 3.61. The van der Waals surface area contributed by atoms with Gasteiger partial charge in [-0.15, -0.1) is 11.3 Å². The number of aliphatic carboxylic acids is 1. The molecule has 0 amide bonds. The molecule has 7 heteroatoms. The molecule has 2 aromatic carbocycles. The van der Waals surface area contributed by atoms with Crippen molar-refractivity contribution in [3.8, 4) is 43.9 Å². The van der Waals surface area contributed by atoms with Crippen molar-refractivity contribution in [1.82, 2.24) is 9.55 Å². The van der Waals surface area contributed by atoms with Crippen LogP contribution in [0, 0.1) is 0 Å². The van der Waals surface area contributed by atoms with Crippen molar-refractivity contribution in [1.29, 1.82) is 0 Å². The first-order chi connectivity index (χ1) is 15.5. The molecule has 0 radical (unpaired) electrons. The van der Waals surface area contributed by atoms with Crippen LogP contribution in [0.25, 0.3) is 32.4 Å². The maximum atomic E-state index is 11.8. The van der Waals surface area contributed by atoms with Crippen molar-refractivity contribution in [2.45, 2.75) is 19.4 Å². The lowest BCUT2D eigenvalue weighted by molar-refractivity contribution is -0.140. The normalized spacial score (nSPS) is 11.8. The van der Waals surface area contributed by atoms with Crippen LogP contribution in [0.4, 0.5) is 0 Å². The minimum atomic E-state index is -0.854. The monoisotopic (exact) mass is 448 g/mol. The van der Waals surface area contributed by atoms with Crippen molar-refractivity contribution >= 4 is 17.3 Å². The van der Waals surface area contributed by atoms with E-state index >= 15 is 0 Å². The SMILES string of the molecule is CCC(C(=O)O)n1cccc1-c1nc(-c2ccc(OC)cc2)c(-c2ccc(OC)cc2)s1. The molecule has 1 atom stereocenters. The molecule has 0 bridgehead atoms. The lowest BCUT2D eigenvalue weighted by Gasteiger charge is -2.14. The van der Waals surface area contributed by atoms with Crippen molar-refractivity contribution in [3.63, 3.8) is 0 Å². The van der Waals surface area contributed by atoms with Gasteiger partial charge in [0.15, 0.2) is 0 Å². The van der Waals surface area contributed by atoms with Crippen LogP contribution in [0.5, 0.6) is 11.5 Å². The third-order valence-corrected chi connectivity index (χ3v) is 6.48. The molecule has 32 heavy (non-hydrogen) atoms. The van der Waals surface area contributed by atoms with E-state index in [-0.39, 0.29) is 0 Å². The molecule has 4 aromatic rings. The van der Waals surface area contributed by atoms with E-state index in [9.17, 15) is 9.90 Å². The second-order valence-electron chi connectivity index (χ2n) is 7.22. The van der Waals surface area contributed by atoms with Crippen LogP contribution < -0.4 is 9.47 Å². The number of benzene rings is 2. The first-order valence-corrected chi connectivity index (χ1v) is 11.1. The van der Waals surface area contributed by atoms with Gasteiger partial charge in [0.25, 0.3) is 0 Å². The number of hydrogen-bond donors (Lipinski definition) is 1. The number of nitrogens with zero attached hydrogens (tertiary/aromatic N) is 2. The molecular formula is C25H24N2O4S. The van der Waals surface area contributed by atoms with Crippen LogP contribution in [0.3, 0.4) is 0 Å². The van der Waals surface area contributed by atoms with Gasteiger partial charge < -0.3 is 19.1 Å². The number of ether oxygens (including phenoxy) is 2. The average molecular weight is 449 g/mol. The summed E-state index contributed by atoms with van der Waals surface area (Å²) in [4.78, 5) is 17.8. The number of carboxylic acids is 1. The van der Waals surface area contributed by atoms with Crippen LogP contribution >= 0.6 is 11.3 Å². The zero-order valence-electron chi connectivity index (χ0n) is 18.1. The van der Waals surface area contributed by atoms with Gasteiger partial charge >= 0.3 is 5.97 Å². The highest BCUT2D eigenvalue weighted by atomic mass is 32.1. The Kier molecular flexibility index (Phi) is 6.28. The smallest absolute Gasteiger partial charge is 0.326 e. The van der Waals surface area contributed by atoms with Gasteiger partial charge in [-0.05, 0) is 72.6 Å². The predicted octanol–water partition coefficient (Wildman–Crippen LogP) is 6.00. The third-order valence-electron chi connectivity index (χ3n) is 5.35. The van der Waals surface area contributed by atoms with Crippen molar-refractivity contribution in [3.05, 3.63) is 66.9 Å². The molecule has 0 saturated heterocycles. The van der Waals surface area contributed by atoms with Crippen molar-refractivity contribution in [2.24, 2.45) is 0 Å².